The van der Waals surface area contributed by atoms with E-state index in [1.54, 1.807) is 13.3 Å². The molecule has 0 saturated heterocycles. The summed E-state index contributed by atoms with van der Waals surface area (Å²) in [4.78, 5) is 24.1. The first-order valence-electron chi connectivity index (χ1n) is 8.40. The molecule has 0 spiro atoms. The van der Waals surface area contributed by atoms with Crippen molar-refractivity contribution in [2.24, 2.45) is 5.92 Å². The smallest absolute Gasteiger partial charge is 0.228 e. The van der Waals surface area contributed by atoms with Crippen molar-refractivity contribution in [1.82, 2.24) is 25.1 Å². The van der Waals surface area contributed by atoms with Gasteiger partial charge in [-0.15, -0.1) is 0 Å². The first kappa shape index (κ1) is 14.9. The molecule has 8 heteroatoms. The minimum absolute atomic E-state index is 0.0409. The lowest BCUT2D eigenvalue weighted by Gasteiger charge is -2.07. The molecule has 0 atom stereocenters. The molecule has 130 valence electrons. The van der Waals surface area contributed by atoms with Crippen LogP contribution < -0.4 is 10.1 Å². The minimum atomic E-state index is 0.0409. The summed E-state index contributed by atoms with van der Waals surface area (Å²) in [5, 5.41) is 10.7. The fourth-order valence-electron chi connectivity index (χ4n) is 3.08. The molecular weight excluding hydrogens is 332 g/mol. The van der Waals surface area contributed by atoms with Gasteiger partial charge in [-0.1, -0.05) is 0 Å². The average Bonchev–Trinajstić information content (AvgIpc) is 3.27. The van der Waals surface area contributed by atoms with Gasteiger partial charge in [0.05, 0.1) is 18.8 Å². The van der Waals surface area contributed by atoms with Crippen molar-refractivity contribution in [1.29, 1.82) is 0 Å². The van der Waals surface area contributed by atoms with Crippen molar-refractivity contribution < 1.29 is 9.53 Å². The van der Waals surface area contributed by atoms with Crippen LogP contribution in [0.15, 0.2) is 30.6 Å². The number of carbonyl (C=O) groups excluding carboxylic acids is 1. The number of nitrogens with zero attached hydrogens (tertiary/aromatic N) is 3. The lowest BCUT2D eigenvalue weighted by Crippen LogP contribution is -2.14. The van der Waals surface area contributed by atoms with Crippen molar-refractivity contribution in [3.05, 3.63) is 30.6 Å². The van der Waals surface area contributed by atoms with Crippen molar-refractivity contribution in [3.63, 3.8) is 0 Å². The molecule has 1 saturated carbocycles. The Balaban J connectivity index is 1.58. The molecular formula is C18H16N6O2. The number of pyridine rings is 2. The molecule has 4 aromatic heterocycles. The van der Waals surface area contributed by atoms with Gasteiger partial charge in [-0.3, -0.25) is 9.89 Å². The maximum atomic E-state index is 11.9. The topological polar surface area (TPSA) is 109 Å². The Bertz CT molecular complexity index is 1140. The van der Waals surface area contributed by atoms with Crippen LogP contribution in [0.25, 0.3) is 33.2 Å². The van der Waals surface area contributed by atoms with E-state index in [1.165, 1.54) is 0 Å². The van der Waals surface area contributed by atoms with Gasteiger partial charge in [0.1, 0.15) is 17.0 Å². The Kier molecular flexibility index (Phi) is 3.18. The van der Waals surface area contributed by atoms with E-state index in [0.29, 0.717) is 17.3 Å². The van der Waals surface area contributed by atoms with Crippen LogP contribution in [0.5, 0.6) is 5.88 Å². The molecule has 5 rings (SSSR count). The second kappa shape index (κ2) is 5.55. The molecule has 8 nitrogen and oxygen atoms in total. The van der Waals surface area contributed by atoms with Gasteiger partial charge in [-0.25, -0.2) is 9.97 Å². The van der Waals surface area contributed by atoms with Crippen LogP contribution in [0.2, 0.25) is 0 Å². The Morgan fingerprint density at radius 3 is 2.96 bits per heavy atom. The number of ether oxygens (including phenoxy) is 1. The third-order valence-corrected chi connectivity index (χ3v) is 4.61. The Hall–Kier alpha value is -3.42. The molecule has 26 heavy (non-hydrogen) atoms. The molecule has 0 aliphatic heterocycles. The van der Waals surface area contributed by atoms with Gasteiger partial charge in [0.15, 0.2) is 0 Å². The highest BCUT2D eigenvalue weighted by Crippen LogP contribution is 2.36. The zero-order valence-electron chi connectivity index (χ0n) is 14.0. The normalized spacial score (nSPS) is 14.0. The maximum absolute atomic E-state index is 11.9. The van der Waals surface area contributed by atoms with Gasteiger partial charge < -0.3 is 15.0 Å². The van der Waals surface area contributed by atoms with E-state index in [1.807, 2.05) is 24.4 Å². The van der Waals surface area contributed by atoms with E-state index >= 15 is 0 Å². The fourth-order valence-corrected chi connectivity index (χ4v) is 3.08. The zero-order valence-corrected chi connectivity index (χ0v) is 14.0. The number of hydrogen-bond acceptors (Lipinski definition) is 5. The summed E-state index contributed by atoms with van der Waals surface area (Å²) in [5.74, 6) is 1.25. The van der Waals surface area contributed by atoms with Crippen LogP contribution in [0.1, 0.15) is 12.8 Å². The molecule has 1 aliphatic rings. The van der Waals surface area contributed by atoms with Gasteiger partial charge >= 0.3 is 0 Å². The molecule has 0 aromatic carbocycles. The Labute approximate surface area is 148 Å². The highest BCUT2D eigenvalue weighted by atomic mass is 16.5. The maximum Gasteiger partial charge on any atom is 0.228 e. The molecule has 0 unspecified atom stereocenters. The van der Waals surface area contributed by atoms with E-state index in [9.17, 15) is 4.79 Å². The first-order valence-corrected chi connectivity index (χ1v) is 8.40. The summed E-state index contributed by atoms with van der Waals surface area (Å²) < 4.78 is 5.46. The van der Waals surface area contributed by atoms with Crippen LogP contribution in [-0.2, 0) is 4.79 Å². The quantitative estimate of drug-likeness (QED) is 0.525. The second-order valence-corrected chi connectivity index (χ2v) is 6.41. The number of nitrogens with one attached hydrogen (secondary N) is 3. The van der Waals surface area contributed by atoms with Crippen LogP contribution in [0.3, 0.4) is 0 Å². The van der Waals surface area contributed by atoms with Gasteiger partial charge in [0.2, 0.25) is 11.8 Å². The molecule has 1 fully saturated rings. The number of fused-ring (bicyclic) bond motifs is 2. The summed E-state index contributed by atoms with van der Waals surface area (Å²) in [6.45, 7) is 0. The number of H-pyrrole nitrogens is 2. The number of methoxy groups -OCH3 is 1. The Morgan fingerprint density at radius 1 is 1.27 bits per heavy atom. The van der Waals surface area contributed by atoms with Crippen molar-refractivity contribution in [3.8, 4) is 17.0 Å². The largest absolute Gasteiger partial charge is 0.481 e. The number of aromatic nitrogens is 5. The highest BCUT2D eigenvalue weighted by Gasteiger charge is 2.29. The summed E-state index contributed by atoms with van der Waals surface area (Å²) in [7, 11) is 1.59. The summed E-state index contributed by atoms with van der Waals surface area (Å²) in [6, 6.07) is 5.71. The lowest BCUT2D eigenvalue weighted by atomic mass is 10.1. The highest BCUT2D eigenvalue weighted by molar-refractivity contribution is 5.99. The SMILES string of the molecule is COc1nc2cn[nH]c2cc1-c1c[nH]c2nc(NC(=O)C3CC3)ccc12. The van der Waals surface area contributed by atoms with Crippen molar-refractivity contribution >= 4 is 33.8 Å². The van der Waals surface area contributed by atoms with Crippen LogP contribution in [0.4, 0.5) is 5.82 Å². The van der Waals surface area contributed by atoms with E-state index in [-0.39, 0.29) is 11.8 Å². The standard InChI is InChI=1S/C18H16N6O2/c1-26-18-11(6-13-14(21-18)8-20-24-13)12-7-19-16-10(12)4-5-15(22-16)23-17(25)9-2-3-9/h4-9H,2-3H2,1H3,(H,20,24)(H2,19,22,23,25). The predicted octanol–water partition coefficient (Wildman–Crippen LogP) is 2.86. The van der Waals surface area contributed by atoms with E-state index in [4.69, 9.17) is 4.74 Å². The van der Waals surface area contributed by atoms with Crippen LogP contribution in [0, 0.1) is 5.92 Å². The van der Waals surface area contributed by atoms with Crippen LogP contribution in [-0.4, -0.2) is 38.2 Å². The molecule has 3 N–H and O–H groups in total. The second-order valence-electron chi connectivity index (χ2n) is 6.41. The number of anilines is 1. The third-order valence-electron chi connectivity index (χ3n) is 4.61. The summed E-state index contributed by atoms with van der Waals surface area (Å²) in [6.07, 6.45) is 5.45. The van der Waals surface area contributed by atoms with E-state index in [2.05, 4.69) is 30.5 Å². The van der Waals surface area contributed by atoms with E-state index in [0.717, 1.165) is 40.4 Å². The number of hydrogen-bond donors (Lipinski definition) is 3. The average molecular weight is 348 g/mol. The summed E-state index contributed by atoms with van der Waals surface area (Å²) >= 11 is 0. The molecule has 0 bridgehead atoms. The van der Waals surface area contributed by atoms with Gasteiger partial charge in [-0.2, -0.15) is 5.10 Å². The first-order chi connectivity index (χ1) is 12.7. The van der Waals surface area contributed by atoms with Gasteiger partial charge in [0.25, 0.3) is 0 Å². The lowest BCUT2D eigenvalue weighted by molar-refractivity contribution is -0.117. The molecule has 4 heterocycles. The van der Waals surface area contributed by atoms with Gasteiger partial charge in [-0.05, 0) is 31.0 Å². The van der Waals surface area contributed by atoms with Crippen LogP contribution >= 0.6 is 0 Å². The summed E-state index contributed by atoms with van der Waals surface area (Å²) in [5.41, 5.74) is 4.03. The Morgan fingerprint density at radius 2 is 2.15 bits per heavy atom. The number of rotatable bonds is 4. The number of carbonyl (C=O) groups is 1. The minimum Gasteiger partial charge on any atom is -0.481 e. The fraction of sp³-hybridized carbons (Fsp3) is 0.222. The predicted molar refractivity (Wildman–Crippen MR) is 96.9 cm³/mol. The molecule has 1 amide bonds. The monoisotopic (exact) mass is 348 g/mol. The van der Waals surface area contributed by atoms with Gasteiger partial charge in [0, 0.05) is 28.6 Å². The molecule has 1 aliphatic carbocycles. The zero-order chi connectivity index (χ0) is 17.7. The van der Waals surface area contributed by atoms with Crippen molar-refractivity contribution in [2.45, 2.75) is 12.8 Å². The third kappa shape index (κ3) is 2.38. The molecule has 4 aromatic rings. The number of aromatic amines is 2. The van der Waals surface area contributed by atoms with E-state index < -0.39 is 0 Å². The molecule has 0 radical (unpaired) electrons. The number of amides is 1. The van der Waals surface area contributed by atoms with Crippen molar-refractivity contribution in [2.75, 3.05) is 12.4 Å².